The van der Waals surface area contributed by atoms with Gasteiger partial charge >= 0.3 is 11.9 Å². The van der Waals surface area contributed by atoms with E-state index in [-0.39, 0.29) is 23.0 Å². The number of benzene rings is 1. The Morgan fingerprint density at radius 3 is 2.48 bits per heavy atom. The molecule has 8 nitrogen and oxygen atoms in total. The van der Waals surface area contributed by atoms with Gasteiger partial charge in [-0.05, 0) is 31.2 Å². The van der Waals surface area contributed by atoms with E-state index in [9.17, 15) is 9.59 Å². The second-order valence-electron chi connectivity index (χ2n) is 4.84. The average molecular weight is 363 g/mol. The molecule has 0 bridgehead atoms. The maximum Gasteiger partial charge on any atom is 0.344 e. The predicted octanol–water partition coefficient (Wildman–Crippen LogP) is 1.90. The van der Waals surface area contributed by atoms with Crippen LogP contribution in [-0.4, -0.2) is 29.6 Å². The highest BCUT2D eigenvalue weighted by molar-refractivity contribution is 7.12. The van der Waals surface area contributed by atoms with E-state index in [1.54, 1.807) is 24.4 Å². The standard InChI is InChI=1S/C16H17N3O5S/c1-2-23-12-8-25-15(11(12)7-13(20)21)24-14(22)9-3-5-10(6-4-9)19-16(17)18/h3-6,8H,2,7H2,1H3,(H,20,21)(H4,17,18,19). The number of nitrogens with two attached hydrogens (primary N) is 2. The van der Waals surface area contributed by atoms with Crippen LogP contribution in [0.4, 0.5) is 5.69 Å². The van der Waals surface area contributed by atoms with E-state index in [4.69, 9.17) is 26.0 Å². The highest BCUT2D eigenvalue weighted by Gasteiger charge is 2.20. The number of aliphatic carboxylic acids is 1. The Morgan fingerprint density at radius 1 is 1.24 bits per heavy atom. The van der Waals surface area contributed by atoms with Crippen molar-refractivity contribution in [1.29, 1.82) is 0 Å². The molecule has 2 aromatic rings. The second kappa shape index (κ2) is 8.15. The molecule has 0 aliphatic carbocycles. The Hall–Kier alpha value is -3.07. The minimum absolute atomic E-state index is 0.0873. The van der Waals surface area contributed by atoms with E-state index in [1.165, 1.54) is 12.1 Å². The molecule has 0 saturated carbocycles. The molecule has 132 valence electrons. The van der Waals surface area contributed by atoms with Gasteiger partial charge < -0.3 is 26.0 Å². The van der Waals surface area contributed by atoms with Crippen LogP contribution in [0.1, 0.15) is 22.8 Å². The normalized spacial score (nSPS) is 10.1. The van der Waals surface area contributed by atoms with Crippen LogP contribution in [0, 0.1) is 0 Å². The molecule has 0 unspecified atom stereocenters. The summed E-state index contributed by atoms with van der Waals surface area (Å²) >= 11 is 1.11. The summed E-state index contributed by atoms with van der Waals surface area (Å²) in [6, 6.07) is 6.15. The number of guanidine groups is 1. The number of carbonyl (C=O) groups excluding carboxylic acids is 1. The van der Waals surface area contributed by atoms with Gasteiger partial charge in [0.05, 0.1) is 29.8 Å². The summed E-state index contributed by atoms with van der Waals surface area (Å²) in [6.45, 7) is 2.16. The second-order valence-corrected chi connectivity index (χ2v) is 5.68. The summed E-state index contributed by atoms with van der Waals surface area (Å²) in [7, 11) is 0. The van der Waals surface area contributed by atoms with E-state index in [1.807, 2.05) is 0 Å². The van der Waals surface area contributed by atoms with E-state index in [2.05, 4.69) is 4.99 Å². The molecular weight excluding hydrogens is 346 g/mol. The van der Waals surface area contributed by atoms with Crippen LogP contribution in [-0.2, 0) is 11.2 Å². The largest absolute Gasteiger partial charge is 0.493 e. The fraction of sp³-hybridized carbons (Fsp3) is 0.188. The summed E-state index contributed by atoms with van der Waals surface area (Å²) in [4.78, 5) is 27.2. The lowest BCUT2D eigenvalue weighted by Gasteiger charge is -2.07. The van der Waals surface area contributed by atoms with Crippen LogP contribution in [0.2, 0.25) is 0 Å². The number of carboxylic acids is 1. The van der Waals surface area contributed by atoms with Gasteiger partial charge in [-0.25, -0.2) is 9.79 Å². The lowest BCUT2D eigenvalue weighted by Crippen LogP contribution is -2.21. The van der Waals surface area contributed by atoms with Crippen molar-refractivity contribution in [2.45, 2.75) is 13.3 Å². The number of carboxylic acid groups (broad SMARTS) is 1. The minimum atomic E-state index is -1.04. The number of rotatable bonds is 7. The fourth-order valence-corrected chi connectivity index (χ4v) is 2.85. The molecule has 0 saturated heterocycles. The minimum Gasteiger partial charge on any atom is -0.493 e. The quantitative estimate of drug-likeness (QED) is 0.388. The molecule has 1 heterocycles. The van der Waals surface area contributed by atoms with Crippen molar-refractivity contribution in [1.82, 2.24) is 0 Å². The maximum atomic E-state index is 12.3. The Bertz CT molecular complexity index is 795. The number of hydrogen-bond acceptors (Lipinski definition) is 6. The monoisotopic (exact) mass is 363 g/mol. The number of esters is 1. The van der Waals surface area contributed by atoms with Crippen molar-refractivity contribution in [2.75, 3.05) is 6.61 Å². The van der Waals surface area contributed by atoms with Gasteiger partial charge in [0.1, 0.15) is 5.75 Å². The molecule has 5 N–H and O–H groups in total. The Morgan fingerprint density at radius 2 is 1.92 bits per heavy atom. The summed E-state index contributed by atoms with van der Waals surface area (Å²) < 4.78 is 10.7. The van der Waals surface area contributed by atoms with Gasteiger partial charge in [0.15, 0.2) is 11.0 Å². The third kappa shape index (κ3) is 4.95. The van der Waals surface area contributed by atoms with Crippen molar-refractivity contribution < 1.29 is 24.2 Å². The third-order valence-corrected chi connectivity index (χ3v) is 3.87. The lowest BCUT2D eigenvalue weighted by molar-refractivity contribution is -0.136. The van der Waals surface area contributed by atoms with Crippen LogP contribution in [0.5, 0.6) is 10.8 Å². The number of ether oxygens (including phenoxy) is 2. The molecule has 0 aliphatic heterocycles. The first kappa shape index (κ1) is 18.3. The molecule has 0 aliphatic rings. The van der Waals surface area contributed by atoms with Crippen LogP contribution in [0.15, 0.2) is 34.6 Å². The highest BCUT2D eigenvalue weighted by Crippen LogP contribution is 2.37. The Kier molecular flexibility index (Phi) is 5.96. The summed E-state index contributed by atoms with van der Waals surface area (Å²) in [5, 5.41) is 10.8. The van der Waals surface area contributed by atoms with Crippen molar-refractivity contribution in [2.24, 2.45) is 16.5 Å². The topological polar surface area (TPSA) is 137 Å². The SMILES string of the molecule is CCOc1csc(OC(=O)c2ccc(N=C(N)N)cc2)c1CC(=O)O. The number of thiophene rings is 1. The number of hydrogen-bond donors (Lipinski definition) is 3. The summed E-state index contributed by atoms with van der Waals surface area (Å²) in [5.74, 6) is -1.34. The number of aliphatic imine (C=N–C) groups is 1. The van der Waals surface area contributed by atoms with Gasteiger partial charge in [-0.3, -0.25) is 4.79 Å². The molecule has 0 spiro atoms. The first-order valence-corrected chi connectivity index (χ1v) is 8.15. The lowest BCUT2D eigenvalue weighted by atomic mass is 10.2. The van der Waals surface area contributed by atoms with Gasteiger partial charge in [-0.15, -0.1) is 11.3 Å². The van der Waals surface area contributed by atoms with E-state index in [0.717, 1.165) is 11.3 Å². The van der Waals surface area contributed by atoms with E-state index >= 15 is 0 Å². The fourth-order valence-electron chi connectivity index (χ4n) is 1.99. The summed E-state index contributed by atoms with van der Waals surface area (Å²) in [5.41, 5.74) is 11.7. The number of carbonyl (C=O) groups is 2. The molecule has 0 fully saturated rings. The molecule has 0 radical (unpaired) electrons. The highest BCUT2D eigenvalue weighted by atomic mass is 32.1. The van der Waals surface area contributed by atoms with Crippen LogP contribution in [0.3, 0.4) is 0 Å². The van der Waals surface area contributed by atoms with E-state index < -0.39 is 11.9 Å². The molecule has 0 amide bonds. The average Bonchev–Trinajstić information content (AvgIpc) is 2.89. The zero-order chi connectivity index (χ0) is 18.4. The van der Waals surface area contributed by atoms with Crippen LogP contribution >= 0.6 is 11.3 Å². The first-order valence-electron chi connectivity index (χ1n) is 7.27. The molecule has 0 atom stereocenters. The van der Waals surface area contributed by atoms with Crippen molar-refractivity contribution in [3.63, 3.8) is 0 Å². The zero-order valence-electron chi connectivity index (χ0n) is 13.4. The molecule has 9 heteroatoms. The van der Waals surface area contributed by atoms with Crippen LogP contribution < -0.4 is 20.9 Å². The van der Waals surface area contributed by atoms with Gasteiger partial charge in [0, 0.05) is 5.38 Å². The molecule has 1 aromatic heterocycles. The van der Waals surface area contributed by atoms with E-state index in [0.29, 0.717) is 23.6 Å². The summed E-state index contributed by atoms with van der Waals surface area (Å²) in [6.07, 6.45) is -0.301. The van der Waals surface area contributed by atoms with Crippen LogP contribution in [0.25, 0.3) is 0 Å². The molecule has 1 aromatic carbocycles. The molecular formula is C16H17N3O5S. The maximum absolute atomic E-state index is 12.3. The third-order valence-electron chi connectivity index (χ3n) is 2.99. The smallest absolute Gasteiger partial charge is 0.344 e. The van der Waals surface area contributed by atoms with Crippen molar-refractivity contribution >= 4 is 34.9 Å². The van der Waals surface area contributed by atoms with Gasteiger partial charge in [-0.2, -0.15) is 0 Å². The first-order chi connectivity index (χ1) is 11.9. The van der Waals surface area contributed by atoms with Crippen molar-refractivity contribution in [3.8, 4) is 10.8 Å². The van der Waals surface area contributed by atoms with Gasteiger partial charge in [-0.1, -0.05) is 0 Å². The Labute approximate surface area is 147 Å². The zero-order valence-corrected chi connectivity index (χ0v) is 14.2. The molecule has 25 heavy (non-hydrogen) atoms. The molecule has 2 rings (SSSR count). The van der Waals surface area contributed by atoms with Crippen molar-refractivity contribution in [3.05, 3.63) is 40.8 Å². The predicted molar refractivity (Wildman–Crippen MR) is 93.7 cm³/mol. The van der Waals surface area contributed by atoms with Gasteiger partial charge in [0.2, 0.25) is 0 Å². The van der Waals surface area contributed by atoms with Gasteiger partial charge in [0.25, 0.3) is 0 Å². The Balaban J connectivity index is 2.19. The number of nitrogens with zero attached hydrogens (tertiary/aromatic N) is 1.